The lowest BCUT2D eigenvalue weighted by Gasteiger charge is -2.33. The van der Waals surface area contributed by atoms with E-state index in [0.29, 0.717) is 22.4 Å². The van der Waals surface area contributed by atoms with Gasteiger partial charge in [-0.1, -0.05) is 18.2 Å². The predicted octanol–water partition coefficient (Wildman–Crippen LogP) is 2.23. The quantitative estimate of drug-likeness (QED) is 0.698. The van der Waals surface area contributed by atoms with Crippen LogP contribution in [0.15, 0.2) is 51.7 Å². The second-order valence-corrected chi connectivity index (χ2v) is 6.13. The van der Waals surface area contributed by atoms with Crippen molar-refractivity contribution in [2.75, 3.05) is 5.32 Å². The number of cyclic esters (lactones) is 1. The zero-order valence-corrected chi connectivity index (χ0v) is 13.3. The van der Waals surface area contributed by atoms with Crippen LogP contribution in [0.25, 0.3) is 11.1 Å². The third-order valence-electron chi connectivity index (χ3n) is 4.24. The van der Waals surface area contributed by atoms with Crippen molar-refractivity contribution >= 4 is 28.7 Å². The number of nitrogens with one attached hydrogen (secondary N) is 2. The molecule has 1 amide bonds. The van der Waals surface area contributed by atoms with Gasteiger partial charge in [-0.2, -0.15) is 0 Å². The molecule has 25 heavy (non-hydrogen) atoms. The van der Waals surface area contributed by atoms with Gasteiger partial charge in [-0.15, -0.1) is 0 Å². The first-order valence-electron chi connectivity index (χ1n) is 7.70. The molecule has 0 bridgehead atoms. The molecule has 0 saturated heterocycles. The van der Waals surface area contributed by atoms with E-state index in [4.69, 9.17) is 9.15 Å². The number of oxazole rings is 1. The summed E-state index contributed by atoms with van der Waals surface area (Å²) < 4.78 is 10.3. The Morgan fingerprint density at radius 2 is 2.00 bits per heavy atom. The largest absolute Gasteiger partial charge is 0.445 e. The number of amides is 1. The summed E-state index contributed by atoms with van der Waals surface area (Å²) in [5, 5.41) is 2.73. The van der Waals surface area contributed by atoms with Gasteiger partial charge in [0.15, 0.2) is 11.2 Å². The van der Waals surface area contributed by atoms with E-state index in [1.54, 1.807) is 37.3 Å². The van der Waals surface area contributed by atoms with Crippen LogP contribution in [0.1, 0.15) is 22.8 Å². The van der Waals surface area contributed by atoms with E-state index >= 15 is 0 Å². The fourth-order valence-electron chi connectivity index (χ4n) is 2.95. The minimum Gasteiger partial charge on any atom is -0.445 e. The number of esters is 1. The summed E-state index contributed by atoms with van der Waals surface area (Å²) in [5.74, 6) is -1.53. The molecule has 0 fully saturated rings. The van der Waals surface area contributed by atoms with Crippen LogP contribution in [0.4, 0.5) is 5.69 Å². The number of hydrogen-bond donors (Lipinski definition) is 2. The molecule has 1 aliphatic rings. The number of carbonyl (C=O) groups excluding carboxylic acids is 2. The number of fused-ring (bicyclic) bond motifs is 2. The van der Waals surface area contributed by atoms with Crippen molar-refractivity contribution < 1.29 is 18.7 Å². The number of ether oxygens (including phenoxy) is 1. The molecule has 7 heteroatoms. The average molecular weight is 338 g/mol. The summed E-state index contributed by atoms with van der Waals surface area (Å²) >= 11 is 0. The maximum absolute atomic E-state index is 12.7. The molecule has 1 atom stereocenters. The molecule has 3 aromatic rings. The standard InChI is InChI=1S/C18H14N2O5/c1-18(9-10-4-2-3-5-12(10)15(21)25-18)16(22)19-11-6-7-14-13(8-11)20-17(23)24-14/h2-8H,9H2,1H3,(H,19,22)(H,20,23). The second kappa shape index (κ2) is 5.34. The molecular formula is C18H14N2O5. The summed E-state index contributed by atoms with van der Waals surface area (Å²) in [5.41, 5.74) is 1.26. The number of H-pyrrole nitrogens is 1. The molecular weight excluding hydrogens is 324 g/mol. The molecule has 1 unspecified atom stereocenters. The van der Waals surface area contributed by atoms with E-state index in [1.807, 2.05) is 12.1 Å². The fraction of sp³-hybridized carbons (Fsp3) is 0.167. The first-order valence-corrected chi connectivity index (χ1v) is 7.70. The molecule has 0 radical (unpaired) electrons. The van der Waals surface area contributed by atoms with Gasteiger partial charge in [0.05, 0.1) is 11.1 Å². The van der Waals surface area contributed by atoms with E-state index in [0.717, 1.165) is 5.56 Å². The smallest absolute Gasteiger partial charge is 0.417 e. The van der Waals surface area contributed by atoms with Crippen molar-refractivity contribution in [3.63, 3.8) is 0 Å². The fourth-order valence-corrected chi connectivity index (χ4v) is 2.95. The van der Waals surface area contributed by atoms with Crippen molar-refractivity contribution in [1.82, 2.24) is 4.98 Å². The van der Waals surface area contributed by atoms with Gasteiger partial charge in [-0.05, 0) is 36.8 Å². The zero-order chi connectivity index (χ0) is 17.6. The van der Waals surface area contributed by atoms with Gasteiger partial charge in [0.25, 0.3) is 5.91 Å². The second-order valence-electron chi connectivity index (χ2n) is 6.13. The highest BCUT2D eigenvalue weighted by molar-refractivity contribution is 6.03. The molecule has 2 N–H and O–H groups in total. The van der Waals surface area contributed by atoms with Crippen LogP contribution in [0, 0.1) is 0 Å². The van der Waals surface area contributed by atoms with Gasteiger partial charge in [0.1, 0.15) is 0 Å². The minimum absolute atomic E-state index is 0.283. The zero-order valence-electron chi connectivity index (χ0n) is 13.3. The van der Waals surface area contributed by atoms with E-state index in [2.05, 4.69) is 10.3 Å². The summed E-state index contributed by atoms with van der Waals surface area (Å²) in [4.78, 5) is 38.6. The maximum Gasteiger partial charge on any atom is 0.417 e. The Kier molecular flexibility index (Phi) is 3.24. The maximum atomic E-state index is 12.7. The summed E-state index contributed by atoms with van der Waals surface area (Å²) in [6.07, 6.45) is 0.283. The molecule has 0 spiro atoms. The SMILES string of the molecule is CC1(C(=O)Nc2ccc3oc(=O)[nH]c3c2)Cc2ccccc2C(=O)O1. The van der Waals surface area contributed by atoms with Crippen LogP contribution in [0.2, 0.25) is 0 Å². The van der Waals surface area contributed by atoms with Gasteiger partial charge in [0, 0.05) is 12.1 Å². The third-order valence-corrected chi connectivity index (χ3v) is 4.24. The minimum atomic E-state index is -1.32. The molecule has 0 aliphatic carbocycles. The van der Waals surface area contributed by atoms with Gasteiger partial charge in [0.2, 0.25) is 0 Å². The topological polar surface area (TPSA) is 101 Å². The van der Waals surface area contributed by atoms with Crippen LogP contribution in [0.3, 0.4) is 0 Å². The average Bonchev–Trinajstić information content (AvgIpc) is 2.94. The Morgan fingerprint density at radius 3 is 2.84 bits per heavy atom. The van der Waals surface area contributed by atoms with Crippen molar-refractivity contribution in [3.05, 3.63) is 64.1 Å². The molecule has 1 aromatic heterocycles. The Hall–Kier alpha value is -3.35. The lowest BCUT2D eigenvalue weighted by atomic mass is 9.89. The highest BCUT2D eigenvalue weighted by atomic mass is 16.6. The third kappa shape index (κ3) is 2.59. The molecule has 2 aromatic carbocycles. The molecule has 4 rings (SSSR count). The van der Waals surface area contributed by atoms with Crippen molar-refractivity contribution in [2.24, 2.45) is 0 Å². The van der Waals surface area contributed by atoms with Crippen molar-refractivity contribution in [2.45, 2.75) is 18.9 Å². The molecule has 7 nitrogen and oxygen atoms in total. The number of rotatable bonds is 2. The lowest BCUT2D eigenvalue weighted by Crippen LogP contribution is -2.48. The van der Waals surface area contributed by atoms with Gasteiger partial charge >= 0.3 is 11.7 Å². The number of aromatic nitrogens is 1. The Bertz CT molecular complexity index is 1060. The molecule has 1 aliphatic heterocycles. The van der Waals surface area contributed by atoms with E-state index < -0.39 is 23.2 Å². The Labute approximate surface area is 141 Å². The summed E-state index contributed by atoms with van der Waals surface area (Å²) in [6.45, 7) is 1.58. The highest BCUT2D eigenvalue weighted by Gasteiger charge is 2.42. The van der Waals surface area contributed by atoms with Gasteiger partial charge in [-0.25, -0.2) is 9.59 Å². The normalized spacial score (nSPS) is 19.3. The number of carbonyl (C=O) groups is 2. The number of hydrogen-bond acceptors (Lipinski definition) is 5. The highest BCUT2D eigenvalue weighted by Crippen LogP contribution is 2.29. The molecule has 126 valence electrons. The number of benzene rings is 2. The first kappa shape index (κ1) is 15.2. The monoisotopic (exact) mass is 338 g/mol. The van der Waals surface area contributed by atoms with E-state index in [-0.39, 0.29) is 6.42 Å². The molecule has 0 saturated carbocycles. The number of anilines is 1. The lowest BCUT2D eigenvalue weighted by molar-refractivity contribution is -0.134. The van der Waals surface area contributed by atoms with E-state index in [1.165, 1.54) is 0 Å². The van der Waals surface area contributed by atoms with Crippen LogP contribution >= 0.6 is 0 Å². The summed E-state index contributed by atoms with van der Waals surface area (Å²) in [7, 11) is 0. The van der Waals surface area contributed by atoms with Crippen molar-refractivity contribution in [3.8, 4) is 0 Å². The van der Waals surface area contributed by atoms with Crippen LogP contribution in [-0.4, -0.2) is 22.5 Å². The Balaban J connectivity index is 1.61. The van der Waals surface area contributed by atoms with Crippen LogP contribution in [0.5, 0.6) is 0 Å². The molecule has 2 heterocycles. The van der Waals surface area contributed by atoms with Gasteiger partial charge in [-0.3, -0.25) is 9.78 Å². The summed E-state index contributed by atoms with van der Waals surface area (Å²) in [6, 6.07) is 11.8. The predicted molar refractivity (Wildman–Crippen MR) is 89.4 cm³/mol. The number of aromatic amines is 1. The van der Waals surface area contributed by atoms with Crippen LogP contribution < -0.4 is 11.1 Å². The van der Waals surface area contributed by atoms with Gasteiger partial charge < -0.3 is 14.5 Å². The van der Waals surface area contributed by atoms with E-state index in [9.17, 15) is 14.4 Å². The first-order chi connectivity index (χ1) is 11.9. The van der Waals surface area contributed by atoms with Crippen molar-refractivity contribution in [1.29, 1.82) is 0 Å². The van der Waals surface area contributed by atoms with Crippen LogP contribution in [-0.2, 0) is 16.0 Å². The Morgan fingerprint density at radius 1 is 1.20 bits per heavy atom.